The van der Waals surface area contributed by atoms with Crippen LogP contribution in [0.5, 0.6) is 11.5 Å². The normalized spacial score (nSPS) is 17.4. The summed E-state index contributed by atoms with van der Waals surface area (Å²) < 4.78 is 30.8. The quantitative estimate of drug-likeness (QED) is 0.345. The summed E-state index contributed by atoms with van der Waals surface area (Å²) in [7, 11) is 3.23. The molecule has 0 aliphatic heterocycles. The predicted molar refractivity (Wildman–Crippen MR) is 131 cm³/mol. The van der Waals surface area contributed by atoms with Gasteiger partial charge < -0.3 is 13.9 Å². The van der Waals surface area contributed by atoms with Gasteiger partial charge in [-0.25, -0.2) is 14.4 Å². The molecule has 5 rings (SSSR count). The number of hydrogen-bond donors (Lipinski definition) is 0. The molecule has 186 valence electrons. The summed E-state index contributed by atoms with van der Waals surface area (Å²) in [5.41, 5.74) is 0.747. The first-order valence-electron chi connectivity index (χ1n) is 11.7. The van der Waals surface area contributed by atoms with Crippen LogP contribution in [0.1, 0.15) is 51.6 Å². The summed E-state index contributed by atoms with van der Waals surface area (Å²) in [5.74, 6) is 4.82. The number of methoxy groups -OCH3 is 2. The van der Waals surface area contributed by atoms with E-state index in [2.05, 4.69) is 27.1 Å². The molecule has 2 atom stereocenters. The van der Waals surface area contributed by atoms with Gasteiger partial charge in [-0.2, -0.15) is 0 Å². The predicted octanol–water partition coefficient (Wildman–Crippen LogP) is 6.01. The number of rotatable bonds is 5. The fourth-order valence-electron chi connectivity index (χ4n) is 4.46. The number of halogens is 1. The summed E-state index contributed by atoms with van der Waals surface area (Å²) in [4.78, 5) is 8.13. The number of nitrogens with zero attached hydrogens (tertiary/aromatic N) is 5. The Labute approximate surface area is 205 Å². The Bertz CT molecular complexity index is 1210. The van der Waals surface area contributed by atoms with Gasteiger partial charge >= 0.3 is 0 Å². The molecule has 3 aromatic heterocycles. The van der Waals surface area contributed by atoms with Gasteiger partial charge in [-0.1, -0.05) is 32.3 Å². The molecule has 9 heteroatoms. The number of aromatic nitrogens is 5. The number of aryl methyl sites for hydroxylation is 1. The van der Waals surface area contributed by atoms with Crippen molar-refractivity contribution in [1.82, 2.24) is 24.7 Å². The molecule has 8 nitrogen and oxygen atoms in total. The molecule has 0 amide bonds. The second-order valence-corrected chi connectivity index (χ2v) is 8.52. The molecule has 0 radical (unpaired) electrons. The highest BCUT2D eigenvalue weighted by molar-refractivity contribution is 5.63. The average Bonchev–Trinajstić information content (AvgIpc) is 3.54. The van der Waals surface area contributed by atoms with E-state index >= 15 is 0 Å². The van der Waals surface area contributed by atoms with Crippen LogP contribution in [0.15, 0.2) is 53.4 Å². The zero-order valence-corrected chi connectivity index (χ0v) is 20.4. The first kappa shape index (κ1) is 24.4. The molecule has 1 aliphatic carbocycles. The Morgan fingerprint density at radius 1 is 1.00 bits per heavy atom. The third-order valence-corrected chi connectivity index (χ3v) is 6.28. The molecule has 1 aromatic carbocycles. The molecule has 0 bridgehead atoms. The van der Waals surface area contributed by atoms with Gasteiger partial charge in [0.25, 0.3) is 0 Å². The van der Waals surface area contributed by atoms with E-state index in [9.17, 15) is 4.39 Å². The lowest BCUT2D eigenvalue weighted by molar-refractivity contribution is 0.319. The van der Waals surface area contributed by atoms with Gasteiger partial charge in [-0.3, -0.25) is 4.57 Å². The third-order valence-electron chi connectivity index (χ3n) is 6.28. The van der Waals surface area contributed by atoms with Gasteiger partial charge in [-0.15, -0.1) is 10.2 Å². The van der Waals surface area contributed by atoms with Crippen LogP contribution in [0.3, 0.4) is 0 Å². The smallest absolute Gasteiger partial charge is 0.204 e. The lowest BCUT2D eigenvalue weighted by Gasteiger charge is -2.27. The Kier molecular flexibility index (Phi) is 7.74. The SMILES string of the molecule is COc1cccc(OC)c1-n1c(C)nnc1-c1ccco1.C[C@H]1CCCC[C@H]1c1ncc(F)cn1.[HH]. The van der Waals surface area contributed by atoms with Crippen molar-refractivity contribution in [2.45, 2.75) is 45.4 Å². The zero-order valence-electron chi connectivity index (χ0n) is 20.4. The van der Waals surface area contributed by atoms with Gasteiger partial charge in [0.15, 0.2) is 11.6 Å². The van der Waals surface area contributed by atoms with Crippen molar-refractivity contribution >= 4 is 0 Å². The van der Waals surface area contributed by atoms with Crippen molar-refractivity contribution in [3.05, 3.63) is 66.5 Å². The lowest BCUT2D eigenvalue weighted by Crippen LogP contribution is -2.17. The Morgan fingerprint density at radius 2 is 1.69 bits per heavy atom. The summed E-state index contributed by atoms with van der Waals surface area (Å²) >= 11 is 0. The molecule has 1 saturated carbocycles. The van der Waals surface area contributed by atoms with Crippen LogP contribution < -0.4 is 9.47 Å². The van der Waals surface area contributed by atoms with Crippen LogP contribution in [0, 0.1) is 18.7 Å². The molecule has 0 N–H and O–H groups in total. The van der Waals surface area contributed by atoms with E-state index in [0.29, 0.717) is 40.7 Å². The van der Waals surface area contributed by atoms with Crippen LogP contribution in [-0.4, -0.2) is 39.0 Å². The summed E-state index contributed by atoms with van der Waals surface area (Å²) in [5, 5.41) is 8.34. The number of hydrogen-bond acceptors (Lipinski definition) is 7. The Morgan fingerprint density at radius 3 is 2.29 bits per heavy atom. The average molecular weight is 482 g/mol. The molecule has 0 saturated heterocycles. The maximum Gasteiger partial charge on any atom is 0.204 e. The molecular weight excluding hydrogens is 449 g/mol. The van der Waals surface area contributed by atoms with Crippen LogP contribution in [0.25, 0.3) is 17.3 Å². The molecule has 1 aliphatic rings. The van der Waals surface area contributed by atoms with Gasteiger partial charge in [-0.05, 0) is 43.5 Å². The third kappa shape index (κ3) is 5.34. The van der Waals surface area contributed by atoms with Crippen LogP contribution in [0.4, 0.5) is 4.39 Å². The molecule has 0 spiro atoms. The number of furan rings is 1. The topological polar surface area (TPSA) is 88.1 Å². The highest BCUT2D eigenvalue weighted by Crippen LogP contribution is 2.36. The maximum atomic E-state index is 12.6. The largest absolute Gasteiger partial charge is 0.494 e. The fraction of sp³-hybridized carbons (Fsp3) is 0.385. The fourth-order valence-corrected chi connectivity index (χ4v) is 4.46. The maximum absolute atomic E-state index is 12.6. The van der Waals surface area contributed by atoms with Gasteiger partial charge in [0.05, 0.1) is 32.9 Å². The first-order chi connectivity index (χ1) is 17.0. The van der Waals surface area contributed by atoms with E-state index in [-0.39, 0.29) is 7.24 Å². The monoisotopic (exact) mass is 481 g/mol. The van der Waals surface area contributed by atoms with Crippen LogP contribution in [-0.2, 0) is 0 Å². The molecule has 3 heterocycles. The minimum Gasteiger partial charge on any atom is -0.494 e. The molecular formula is C26H32FN5O3. The van der Waals surface area contributed by atoms with Crippen molar-refractivity contribution < 1.29 is 19.7 Å². The second-order valence-electron chi connectivity index (χ2n) is 8.52. The van der Waals surface area contributed by atoms with Crippen molar-refractivity contribution in [2.24, 2.45) is 5.92 Å². The Hall–Kier alpha value is -3.75. The molecule has 4 aromatic rings. The minimum atomic E-state index is -0.350. The van der Waals surface area contributed by atoms with E-state index in [4.69, 9.17) is 13.9 Å². The first-order valence-corrected chi connectivity index (χ1v) is 11.7. The van der Waals surface area contributed by atoms with E-state index in [0.717, 1.165) is 17.9 Å². The standard InChI is InChI=1S/C15H15N3O3.C11H15FN2.H2/c1-10-16-17-15(13-8-5-9-21-13)18(10)14-11(19-2)6-4-7-12(14)20-3;1-8-4-2-3-5-10(8)11-13-6-9(12)7-14-11;/h4-9H,1-3H3;6-8,10H,2-5H2,1H3;1H/t;8-,10+;/m.0./s1. The Balaban J connectivity index is 0.000000210. The van der Waals surface area contributed by atoms with Crippen LogP contribution >= 0.6 is 0 Å². The minimum absolute atomic E-state index is 0. The van der Waals surface area contributed by atoms with E-state index in [1.807, 2.05) is 41.8 Å². The van der Waals surface area contributed by atoms with Crippen molar-refractivity contribution in [2.75, 3.05) is 14.2 Å². The summed E-state index contributed by atoms with van der Waals surface area (Å²) in [6.07, 6.45) is 9.07. The van der Waals surface area contributed by atoms with Crippen LogP contribution in [0.2, 0.25) is 0 Å². The highest BCUT2D eigenvalue weighted by Gasteiger charge is 2.25. The molecule has 35 heavy (non-hydrogen) atoms. The van der Waals surface area contributed by atoms with E-state index in [1.54, 1.807) is 20.5 Å². The van der Waals surface area contributed by atoms with Gasteiger partial charge in [0, 0.05) is 7.34 Å². The zero-order chi connectivity index (χ0) is 24.8. The summed E-state index contributed by atoms with van der Waals surface area (Å²) in [6.45, 7) is 4.10. The summed E-state index contributed by atoms with van der Waals surface area (Å²) in [6, 6.07) is 9.24. The second kappa shape index (κ2) is 11.1. The molecule has 0 unspecified atom stereocenters. The van der Waals surface area contributed by atoms with Crippen molar-refractivity contribution in [3.63, 3.8) is 0 Å². The lowest BCUT2D eigenvalue weighted by atomic mass is 9.80. The van der Waals surface area contributed by atoms with E-state index < -0.39 is 0 Å². The highest BCUT2D eigenvalue weighted by atomic mass is 19.1. The van der Waals surface area contributed by atoms with Crippen molar-refractivity contribution in [1.29, 1.82) is 0 Å². The van der Waals surface area contributed by atoms with Gasteiger partial charge in [0.1, 0.15) is 28.8 Å². The van der Waals surface area contributed by atoms with Gasteiger partial charge in [0.2, 0.25) is 5.82 Å². The number of benzene rings is 1. The number of para-hydroxylation sites is 1. The molecule has 1 fully saturated rings. The number of ether oxygens (including phenoxy) is 2. The van der Waals surface area contributed by atoms with Crippen molar-refractivity contribution in [3.8, 4) is 28.8 Å². The van der Waals surface area contributed by atoms with E-state index in [1.165, 1.54) is 31.7 Å².